The Morgan fingerprint density at radius 3 is 2.29 bits per heavy atom. The van der Waals surface area contributed by atoms with Crippen molar-refractivity contribution in [3.63, 3.8) is 0 Å². The number of carbonyl (C=O) groups is 3. The van der Waals surface area contributed by atoms with Gasteiger partial charge in [-0.15, -0.1) is 0 Å². The summed E-state index contributed by atoms with van der Waals surface area (Å²) in [6, 6.07) is 28.9. The van der Waals surface area contributed by atoms with Gasteiger partial charge in [-0.2, -0.15) is 0 Å². The smallest absolute Gasteiger partial charge is 0.238 e. The fraction of sp³-hybridized carbons (Fsp3) is 0.194. The molecular weight excluding hydrogens is 588 g/mol. The van der Waals surface area contributed by atoms with Gasteiger partial charge in [-0.1, -0.05) is 114 Å². The maximum absolute atomic E-state index is 14.9. The van der Waals surface area contributed by atoms with Crippen LogP contribution in [0.25, 0.3) is 6.08 Å². The molecule has 4 aromatic carbocycles. The van der Waals surface area contributed by atoms with Crippen LogP contribution in [0.3, 0.4) is 0 Å². The summed E-state index contributed by atoms with van der Waals surface area (Å²) < 4.78 is 0.856. The van der Waals surface area contributed by atoms with Crippen LogP contribution in [-0.4, -0.2) is 29.6 Å². The van der Waals surface area contributed by atoms with Gasteiger partial charge in [0.1, 0.15) is 11.5 Å². The highest BCUT2D eigenvalue weighted by Gasteiger charge is 2.70. The number of benzene rings is 4. The monoisotopic (exact) mass is 616 g/mol. The molecule has 0 saturated carbocycles. The van der Waals surface area contributed by atoms with Gasteiger partial charge in [-0.25, -0.2) is 0 Å². The van der Waals surface area contributed by atoms with Crippen molar-refractivity contribution in [2.75, 3.05) is 10.2 Å². The van der Waals surface area contributed by atoms with Crippen molar-refractivity contribution in [2.45, 2.75) is 37.3 Å². The molecule has 1 fully saturated rings. The highest BCUT2D eigenvalue weighted by Crippen LogP contribution is 2.58. The number of Topliss-reactive ketones (excluding diaryl/α,β-unsaturated/α-hetero) is 2. The number of fused-ring (bicyclic) bond motifs is 6. The second kappa shape index (κ2) is 10.2. The number of halogens is 1. The summed E-state index contributed by atoms with van der Waals surface area (Å²) in [6.07, 6.45) is 5.94. The number of para-hydroxylation sites is 2. The molecule has 0 aromatic heterocycles. The lowest BCUT2D eigenvalue weighted by atomic mass is 9.64. The minimum Gasteiger partial charge on any atom is -0.352 e. The SMILES string of the molecule is CCCc1ccc(C(=O)[C@@H]2[C@H](C(=O)c3ccc(Br)cc3)N3c4ccccc4C=CC3[C@@]23C(=O)Nc2ccccc23)cc1. The first-order valence-electron chi connectivity index (χ1n) is 14.3. The predicted molar refractivity (Wildman–Crippen MR) is 169 cm³/mol. The number of nitrogens with zero attached hydrogens (tertiary/aromatic N) is 1. The van der Waals surface area contributed by atoms with E-state index in [1.807, 2.05) is 102 Å². The topological polar surface area (TPSA) is 66.5 Å². The van der Waals surface area contributed by atoms with Gasteiger partial charge in [-0.05, 0) is 47.4 Å². The van der Waals surface area contributed by atoms with E-state index in [9.17, 15) is 14.4 Å². The zero-order chi connectivity index (χ0) is 29.0. The zero-order valence-electron chi connectivity index (χ0n) is 23.1. The fourth-order valence-corrected chi connectivity index (χ4v) is 7.47. The average molecular weight is 618 g/mol. The molecule has 42 heavy (non-hydrogen) atoms. The van der Waals surface area contributed by atoms with E-state index in [1.54, 1.807) is 12.1 Å². The van der Waals surface area contributed by atoms with E-state index >= 15 is 0 Å². The summed E-state index contributed by atoms with van der Waals surface area (Å²) in [4.78, 5) is 46.1. The first-order chi connectivity index (χ1) is 20.4. The highest BCUT2D eigenvalue weighted by molar-refractivity contribution is 9.10. The molecule has 3 aliphatic heterocycles. The molecule has 3 aliphatic rings. The van der Waals surface area contributed by atoms with Crippen LogP contribution < -0.4 is 10.2 Å². The van der Waals surface area contributed by atoms with E-state index in [-0.39, 0.29) is 17.5 Å². The Morgan fingerprint density at radius 1 is 0.857 bits per heavy atom. The van der Waals surface area contributed by atoms with Crippen LogP contribution in [0.2, 0.25) is 0 Å². The van der Waals surface area contributed by atoms with E-state index < -0.39 is 23.4 Å². The van der Waals surface area contributed by atoms with Gasteiger partial charge in [0.15, 0.2) is 11.6 Å². The number of anilines is 2. The van der Waals surface area contributed by atoms with Crippen molar-refractivity contribution in [3.8, 4) is 0 Å². The molecule has 0 bridgehead atoms. The number of nitrogens with one attached hydrogen (secondary N) is 1. The van der Waals surface area contributed by atoms with Crippen LogP contribution in [0.4, 0.5) is 11.4 Å². The van der Waals surface area contributed by atoms with E-state index in [0.717, 1.165) is 39.7 Å². The summed E-state index contributed by atoms with van der Waals surface area (Å²) in [5.74, 6) is -1.63. The lowest BCUT2D eigenvalue weighted by Crippen LogP contribution is -2.51. The highest BCUT2D eigenvalue weighted by atomic mass is 79.9. The molecule has 1 spiro atoms. The Morgan fingerprint density at radius 2 is 1.52 bits per heavy atom. The van der Waals surface area contributed by atoms with Crippen molar-refractivity contribution < 1.29 is 14.4 Å². The second-order valence-electron chi connectivity index (χ2n) is 11.2. The number of rotatable bonds is 6. The number of ketones is 2. The van der Waals surface area contributed by atoms with Crippen molar-refractivity contribution >= 4 is 50.9 Å². The lowest BCUT2D eigenvalue weighted by Gasteiger charge is -2.37. The molecule has 4 atom stereocenters. The molecule has 5 nitrogen and oxygen atoms in total. The Hall–Kier alpha value is -4.29. The van der Waals surface area contributed by atoms with Crippen LogP contribution in [0.1, 0.15) is 50.8 Å². The third-order valence-electron chi connectivity index (χ3n) is 9.00. The van der Waals surface area contributed by atoms with Crippen LogP contribution in [0.5, 0.6) is 0 Å². The summed E-state index contributed by atoms with van der Waals surface area (Å²) in [7, 11) is 0. The van der Waals surface area contributed by atoms with Crippen molar-refractivity contribution in [1.82, 2.24) is 0 Å². The minimum atomic E-state index is -1.31. The molecule has 0 radical (unpaired) electrons. The predicted octanol–water partition coefficient (Wildman–Crippen LogP) is 7.26. The zero-order valence-corrected chi connectivity index (χ0v) is 24.7. The van der Waals surface area contributed by atoms with Crippen molar-refractivity contribution in [2.24, 2.45) is 5.92 Å². The third kappa shape index (κ3) is 3.85. The number of hydrogen-bond donors (Lipinski definition) is 1. The molecular formula is C36H29BrN2O3. The first kappa shape index (κ1) is 26.6. The molecule has 1 amide bonds. The summed E-state index contributed by atoms with van der Waals surface area (Å²) in [5.41, 5.74) is 4.05. The summed E-state index contributed by atoms with van der Waals surface area (Å²) in [5, 5.41) is 3.09. The van der Waals surface area contributed by atoms with Crippen molar-refractivity contribution in [3.05, 3.63) is 135 Å². The Bertz CT molecular complexity index is 1760. The van der Waals surface area contributed by atoms with Gasteiger partial charge in [0.05, 0.1) is 12.0 Å². The first-order valence-corrected chi connectivity index (χ1v) is 15.1. The summed E-state index contributed by atoms with van der Waals surface area (Å²) in [6.45, 7) is 2.12. The maximum Gasteiger partial charge on any atom is 0.238 e. The van der Waals surface area contributed by atoms with E-state index in [0.29, 0.717) is 16.8 Å². The summed E-state index contributed by atoms with van der Waals surface area (Å²) >= 11 is 3.47. The number of hydrogen-bond acceptors (Lipinski definition) is 4. The Labute approximate surface area is 253 Å². The molecule has 1 saturated heterocycles. The quantitative estimate of drug-likeness (QED) is 0.232. The molecule has 7 rings (SSSR count). The van der Waals surface area contributed by atoms with E-state index in [2.05, 4.69) is 28.2 Å². The molecule has 1 unspecified atom stereocenters. The molecule has 208 valence electrons. The van der Waals surface area contributed by atoms with Gasteiger partial charge in [0, 0.05) is 27.0 Å². The standard InChI is InChI=1S/C36H29BrN2O3/c1-2-7-22-12-14-24(15-13-22)33(40)31-32(34(41)25-16-19-26(37)20-17-25)39-29-11-6-3-8-23(29)18-21-30(39)36(31)27-9-4-5-10-28(27)38-35(36)42/h3-6,8-21,30-32H,2,7H2,1H3,(H,38,42)/t30?,31-,32+,36+/m0/s1. The van der Waals surface area contributed by atoms with Crippen LogP contribution in [0.15, 0.2) is 108 Å². The largest absolute Gasteiger partial charge is 0.352 e. The minimum absolute atomic E-state index is 0.187. The van der Waals surface area contributed by atoms with Gasteiger partial charge in [0.25, 0.3) is 0 Å². The average Bonchev–Trinajstić information content (AvgIpc) is 3.50. The molecule has 4 aromatic rings. The Balaban J connectivity index is 1.49. The normalized spacial score (nSPS) is 23.3. The maximum atomic E-state index is 14.9. The van der Waals surface area contributed by atoms with Gasteiger partial charge in [-0.3, -0.25) is 14.4 Å². The lowest BCUT2D eigenvalue weighted by molar-refractivity contribution is -0.121. The number of carbonyl (C=O) groups excluding carboxylic acids is 3. The van der Waals surface area contributed by atoms with E-state index in [4.69, 9.17) is 0 Å². The fourth-order valence-electron chi connectivity index (χ4n) is 7.21. The molecule has 0 aliphatic carbocycles. The third-order valence-corrected chi connectivity index (χ3v) is 9.53. The van der Waals surface area contributed by atoms with Crippen LogP contribution >= 0.6 is 15.9 Å². The van der Waals surface area contributed by atoms with Crippen LogP contribution in [-0.2, 0) is 16.6 Å². The molecule has 6 heteroatoms. The van der Waals surface area contributed by atoms with Gasteiger partial charge in [0.2, 0.25) is 5.91 Å². The van der Waals surface area contributed by atoms with E-state index in [1.165, 1.54) is 0 Å². The van der Waals surface area contributed by atoms with Gasteiger partial charge >= 0.3 is 0 Å². The van der Waals surface area contributed by atoms with Crippen molar-refractivity contribution in [1.29, 1.82) is 0 Å². The second-order valence-corrected chi connectivity index (χ2v) is 12.2. The van der Waals surface area contributed by atoms with Gasteiger partial charge < -0.3 is 10.2 Å². The van der Waals surface area contributed by atoms with Crippen LogP contribution in [0, 0.1) is 5.92 Å². The number of amides is 1. The molecule has 1 N–H and O–H groups in total. The molecule has 3 heterocycles. The Kier molecular flexibility index (Phi) is 6.47. The number of aryl methyl sites for hydroxylation is 1.